The summed E-state index contributed by atoms with van der Waals surface area (Å²) < 4.78 is 5.81. The predicted octanol–water partition coefficient (Wildman–Crippen LogP) is 3.15. The summed E-state index contributed by atoms with van der Waals surface area (Å²) in [6, 6.07) is 19.7. The van der Waals surface area contributed by atoms with Gasteiger partial charge in [-0.25, -0.2) is 0 Å². The van der Waals surface area contributed by atoms with Crippen LogP contribution in [0.4, 0.5) is 0 Å². The summed E-state index contributed by atoms with van der Waals surface area (Å²) in [4.78, 5) is 0. The molecule has 0 aliphatic rings. The largest absolute Gasteiger partial charge is 0.489 e. The van der Waals surface area contributed by atoms with Gasteiger partial charge < -0.3 is 10.5 Å². The Morgan fingerprint density at radius 2 is 1.41 bits per heavy atom. The van der Waals surface area contributed by atoms with E-state index in [0.717, 1.165) is 11.3 Å². The van der Waals surface area contributed by atoms with Crippen LogP contribution in [0.15, 0.2) is 60.7 Å². The molecule has 0 amide bonds. The van der Waals surface area contributed by atoms with Crippen molar-refractivity contribution in [2.24, 2.45) is 5.73 Å². The topological polar surface area (TPSA) is 35.2 Å². The number of ether oxygens (including phenoxy) is 1. The zero-order chi connectivity index (χ0) is 12.1. The maximum absolute atomic E-state index is 6.16. The van der Waals surface area contributed by atoms with Gasteiger partial charge in [0.05, 0.1) is 6.04 Å². The van der Waals surface area contributed by atoms with Crippen molar-refractivity contribution in [1.82, 2.24) is 0 Å². The van der Waals surface area contributed by atoms with Crippen LogP contribution < -0.4 is 10.5 Å². The van der Waals surface area contributed by atoms with E-state index in [4.69, 9.17) is 10.5 Å². The highest BCUT2D eigenvalue weighted by molar-refractivity contribution is 5.23. The summed E-state index contributed by atoms with van der Waals surface area (Å²) in [6.45, 7) is 1.99. The fourth-order valence-corrected chi connectivity index (χ4v) is 1.73. The van der Waals surface area contributed by atoms with Crippen LogP contribution in [-0.2, 0) is 0 Å². The average molecular weight is 227 g/mol. The third-order valence-electron chi connectivity index (χ3n) is 2.76. The van der Waals surface area contributed by atoms with Crippen molar-refractivity contribution in [2.45, 2.75) is 19.1 Å². The zero-order valence-corrected chi connectivity index (χ0v) is 9.91. The smallest absolute Gasteiger partial charge is 0.119 e. The van der Waals surface area contributed by atoms with E-state index in [1.807, 2.05) is 67.6 Å². The van der Waals surface area contributed by atoms with Crippen molar-refractivity contribution in [3.8, 4) is 5.75 Å². The molecule has 0 aliphatic heterocycles. The van der Waals surface area contributed by atoms with Gasteiger partial charge in [-0.05, 0) is 24.6 Å². The van der Waals surface area contributed by atoms with E-state index in [1.54, 1.807) is 0 Å². The first-order valence-electron chi connectivity index (χ1n) is 5.79. The van der Waals surface area contributed by atoms with E-state index in [2.05, 4.69) is 0 Å². The van der Waals surface area contributed by atoms with Crippen LogP contribution >= 0.6 is 0 Å². The second-order valence-corrected chi connectivity index (χ2v) is 4.07. The molecule has 0 aromatic heterocycles. The van der Waals surface area contributed by atoms with Crippen molar-refractivity contribution < 1.29 is 4.74 Å². The minimum atomic E-state index is -0.114. The summed E-state index contributed by atoms with van der Waals surface area (Å²) in [5, 5.41) is 0. The lowest BCUT2D eigenvalue weighted by Crippen LogP contribution is -2.28. The first-order valence-corrected chi connectivity index (χ1v) is 5.79. The lowest BCUT2D eigenvalue weighted by molar-refractivity contribution is 0.190. The van der Waals surface area contributed by atoms with E-state index in [9.17, 15) is 0 Å². The Labute approximate surface area is 102 Å². The van der Waals surface area contributed by atoms with Crippen molar-refractivity contribution >= 4 is 0 Å². The minimum Gasteiger partial charge on any atom is -0.489 e. The molecule has 0 saturated carbocycles. The predicted molar refractivity (Wildman–Crippen MR) is 69.9 cm³/mol. The van der Waals surface area contributed by atoms with Gasteiger partial charge in [-0.2, -0.15) is 0 Å². The number of benzene rings is 2. The number of hydrogen-bond donors (Lipinski definition) is 1. The van der Waals surface area contributed by atoms with Gasteiger partial charge in [-0.1, -0.05) is 48.5 Å². The zero-order valence-electron chi connectivity index (χ0n) is 9.91. The highest BCUT2D eigenvalue weighted by atomic mass is 16.5. The molecule has 2 rings (SSSR count). The summed E-state index contributed by atoms with van der Waals surface area (Å²) in [5.41, 5.74) is 7.25. The normalized spacial score (nSPS) is 14.0. The van der Waals surface area contributed by atoms with E-state index < -0.39 is 0 Å². The quantitative estimate of drug-likeness (QED) is 0.870. The summed E-state index contributed by atoms with van der Waals surface area (Å²) in [5.74, 6) is 0.853. The van der Waals surface area contributed by atoms with Crippen LogP contribution in [0.3, 0.4) is 0 Å². The molecule has 2 atom stereocenters. The molecule has 0 fully saturated rings. The molecule has 2 unspecified atom stereocenters. The molecule has 17 heavy (non-hydrogen) atoms. The second kappa shape index (κ2) is 5.51. The van der Waals surface area contributed by atoms with Crippen LogP contribution in [-0.4, -0.2) is 6.10 Å². The van der Waals surface area contributed by atoms with Crippen LogP contribution in [0.5, 0.6) is 5.75 Å². The molecule has 0 bridgehead atoms. The van der Waals surface area contributed by atoms with E-state index in [-0.39, 0.29) is 12.1 Å². The molecular weight excluding hydrogens is 210 g/mol. The molecule has 0 heterocycles. The highest BCUT2D eigenvalue weighted by Gasteiger charge is 2.15. The lowest BCUT2D eigenvalue weighted by atomic mass is 10.0. The number of rotatable bonds is 4. The fraction of sp³-hybridized carbons (Fsp3) is 0.200. The van der Waals surface area contributed by atoms with E-state index in [0.29, 0.717) is 0 Å². The molecule has 0 saturated heterocycles. The maximum Gasteiger partial charge on any atom is 0.119 e. The van der Waals surface area contributed by atoms with Crippen molar-refractivity contribution in [3.63, 3.8) is 0 Å². The standard InChI is InChI=1S/C15H17NO/c1-12(17-14-10-6-3-7-11-14)15(16)13-8-4-2-5-9-13/h2-12,15H,16H2,1H3. The number of para-hydroxylation sites is 1. The number of hydrogen-bond acceptors (Lipinski definition) is 2. The summed E-state index contributed by atoms with van der Waals surface area (Å²) in [7, 11) is 0. The first-order chi connectivity index (χ1) is 8.27. The average Bonchev–Trinajstić information content (AvgIpc) is 2.40. The molecule has 2 heteroatoms. The van der Waals surface area contributed by atoms with Gasteiger partial charge in [0.1, 0.15) is 11.9 Å². The van der Waals surface area contributed by atoms with Gasteiger partial charge in [0.25, 0.3) is 0 Å². The van der Waals surface area contributed by atoms with Crippen LogP contribution in [0.2, 0.25) is 0 Å². The SMILES string of the molecule is CC(Oc1ccccc1)C(N)c1ccccc1. The lowest BCUT2D eigenvalue weighted by Gasteiger charge is -2.21. The summed E-state index contributed by atoms with van der Waals surface area (Å²) >= 11 is 0. The minimum absolute atomic E-state index is 0.0557. The Bertz CT molecular complexity index is 441. The molecule has 2 aromatic carbocycles. The molecule has 2 nitrogen and oxygen atoms in total. The molecule has 2 N–H and O–H groups in total. The first kappa shape index (κ1) is 11.7. The third-order valence-corrected chi connectivity index (χ3v) is 2.76. The van der Waals surface area contributed by atoms with Gasteiger partial charge in [-0.3, -0.25) is 0 Å². The molecule has 2 aromatic rings. The molecule has 0 aliphatic carbocycles. The van der Waals surface area contributed by atoms with Crippen LogP contribution in [0.1, 0.15) is 18.5 Å². The van der Waals surface area contributed by atoms with Crippen LogP contribution in [0, 0.1) is 0 Å². The second-order valence-electron chi connectivity index (χ2n) is 4.07. The summed E-state index contributed by atoms with van der Waals surface area (Å²) in [6.07, 6.45) is -0.0557. The Kier molecular flexibility index (Phi) is 3.78. The van der Waals surface area contributed by atoms with Crippen LogP contribution in [0.25, 0.3) is 0 Å². The van der Waals surface area contributed by atoms with Crippen molar-refractivity contribution in [3.05, 3.63) is 66.2 Å². The highest BCUT2D eigenvalue weighted by Crippen LogP contribution is 2.19. The molecule has 0 spiro atoms. The van der Waals surface area contributed by atoms with Gasteiger partial charge in [0.2, 0.25) is 0 Å². The van der Waals surface area contributed by atoms with Crippen molar-refractivity contribution in [1.29, 1.82) is 0 Å². The third kappa shape index (κ3) is 3.08. The van der Waals surface area contributed by atoms with E-state index in [1.165, 1.54) is 0 Å². The molecule has 0 radical (unpaired) electrons. The van der Waals surface area contributed by atoms with E-state index >= 15 is 0 Å². The Morgan fingerprint density at radius 1 is 0.882 bits per heavy atom. The maximum atomic E-state index is 6.16. The Balaban J connectivity index is 2.03. The fourth-order valence-electron chi connectivity index (χ4n) is 1.73. The van der Waals surface area contributed by atoms with Gasteiger partial charge in [-0.15, -0.1) is 0 Å². The van der Waals surface area contributed by atoms with Gasteiger partial charge in [0.15, 0.2) is 0 Å². The monoisotopic (exact) mass is 227 g/mol. The molecular formula is C15H17NO. The van der Waals surface area contributed by atoms with Gasteiger partial charge in [0, 0.05) is 0 Å². The van der Waals surface area contributed by atoms with Gasteiger partial charge >= 0.3 is 0 Å². The Hall–Kier alpha value is -1.80. The molecule has 88 valence electrons. The van der Waals surface area contributed by atoms with Crippen molar-refractivity contribution in [2.75, 3.05) is 0 Å². The Morgan fingerprint density at radius 3 is 2.00 bits per heavy atom. The number of nitrogens with two attached hydrogens (primary N) is 1.